The molecule has 0 saturated heterocycles. The lowest BCUT2D eigenvalue weighted by Crippen LogP contribution is -2.09. The molecule has 0 amide bonds. The lowest BCUT2D eigenvalue weighted by Gasteiger charge is -2.13. The minimum Gasteiger partial charge on any atom is -0.492 e. The Hall–Kier alpha value is -2.80. The van der Waals surface area contributed by atoms with Gasteiger partial charge in [-0.05, 0) is 37.6 Å². The van der Waals surface area contributed by atoms with Crippen molar-refractivity contribution in [1.29, 1.82) is 0 Å². The average molecular weight is 382 g/mol. The largest absolute Gasteiger partial charge is 0.492 e. The van der Waals surface area contributed by atoms with E-state index in [4.69, 9.17) is 10.5 Å². The van der Waals surface area contributed by atoms with Crippen LogP contribution in [0.1, 0.15) is 23.6 Å². The molecule has 2 aromatic carbocycles. The second-order valence-electron chi connectivity index (χ2n) is 5.99. The fourth-order valence-corrected chi connectivity index (χ4v) is 3.25. The summed E-state index contributed by atoms with van der Waals surface area (Å²) in [5, 5.41) is 3.23. The smallest absolute Gasteiger partial charge is 0.232 e. The van der Waals surface area contributed by atoms with Crippen molar-refractivity contribution in [3.05, 3.63) is 66.0 Å². The van der Waals surface area contributed by atoms with Gasteiger partial charge in [-0.25, -0.2) is 0 Å². The number of rotatable bonds is 8. The van der Waals surface area contributed by atoms with Crippen LogP contribution in [0, 0.1) is 6.92 Å². The van der Waals surface area contributed by atoms with E-state index in [0.717, 1.165) is 22.8 Å². The molecule has 1 aromatic heterocycles. The molecule has 0 aliphatic heterocycles. The predicted octanol–water partition coefficient (Wildman–Crippen LogP) is 4.38. The Bertz CT molecular complexity index is 875. The Labute approximate surface area is 163 Å². The van der Waals surface area contributed by atoms with Crippen LogP contribution in [0.15, 0.2) is 54.6 Å². The molecule has 3 aromatic rings. The Morgan fingerprint density at radius 1 is 1.04 bits per heavy atom. The van der Waals surface area contributed by atoms with E-state index in [1.54, 1.807) is 11.8 Å². The van der Waals surface area contributed by atoms with Crippen LogP contribution in [0.5, 0.6) is 5.75 Å². The van der Waals surface area contributed by atoms with Gasteiger partial charge in [0, 0.05) is 11.4 Å². The van der Waals surface area contributed by atoms with Crippen molar-refractivity contribution < 1.29 is 4.74 Å². The number of anilines is 3. The van der Waals surface area contributed by atoms with E-state index >= 15 is 0 Å². The van der Waals surface area contributed by atoms with E-state index < -0.39 is 0 Å². The summed E-state index contributed by atoms with van der Waals surface area (Å²) in [4.78, 5) is 13.0. The van der Waals surface area contributed by atoms with Crippen LogP contribution in [0.3, 0.4) is 0 Å². The maximum atomic E-state index is 5.86. The number of aryl methyl sites for hydroxylation is 1. The van der Waals surface area contributed by atoms with Gasteiger partial charge in [0.2, 0.25) is 11.9 Å². The van der Waals surface area contributed by atoms with Crippen LogP contribution in [-0.2, 0) is 0 Å². The minimum atomic E-state index is 0.0760. The highest BCUT2D eigenvalue weighted by molar-refractivity contribution is 7.99. The van der Waals surface area contributed by atoms with Crippen molar-refractivity contribution in [3.8, 4) is 5.75 Å². The summed E-state index contributed by atoms with van der Waals surface area (Å²) in [5.74, 6) is 3.06. The summed E-state index contributed by atoms with van der Waals surface area (Å²) in [7, 11) is 0. The number of ether oxygens (including phenoxy) is 1. The first kappa shape index (κ1) is 19.0. The number of hydrogen-bond acceptors (Lipinski definition) is 7. The van der Waals surface area contributed by atoms with Crippen molar-refractivity contribution in [2.45, 2.75) is 19.1 Å². The highest BCUT2D eigenvalue weighted by Crippen LogP contribution is 2.27. The van der Waals surface area contributed by atoms with Crippen molar-refractivity contribution in [1.82, 2.24) is 15.0 Å². The summed E-state index contributed by atoms with van der Waals surface area (Å²) < 4.78 is 5.84. The predicted molar refractivity (Wildman–Crippen MR) is 112 cm³/mol. The molecule has 0 fully saturated rings. The number of para-hydroxylation sites is 2. The van der Waals surface area contributed by atoms with Gasteiger partial charge in [-0.2, -0.15) is 15.0 Å². The lowest BCUT2D eigenvalue weighted by molar-refractivity contribution is 0.341. The fourth-order valence-electron chi connectivity index (χ4n) is 2.47. The standard InChI is InChI=1S/C20H23N5OS/c1-14-8-6-7-11-17(14)26-12-13-27-15(2)18-23-19(21)25-20(24-18)22-16-9-4-3-5-10-16/h3-11,15H,12-13H2,1-2H3,(H3,21,22,23,24,25)/t15-/m0/s1. The third-order valence-corrected chi connectivity index (χ3v) is 4.98. The number of hydrogen-bond donors (Lipinski definition) is 2. The lowest BCUT2D eigenvalue weighted by atomic mass is 10.2. The highest BCUT2D eigenvalue weighted by atomic mass is 32.2. The first-order chi connectivity index (χ1) is 13.1. The van der Waals surface area contributed by atoms with Crippen molar-refractivity contribution >= 4 is 29.3 Å². The van der Waals surface area contributed by atoms with Gasteiger partial charge in [-0.3, -0.25) is 0 Å². The highest BCUT2D eigenvalue weighted by Gasteiger charge is 2.13. The van der Waals surface area contributed by atoms with Gasteiger partial charge in [0.05, 0.1) is 11.9 Å². The molecule has 0 aliphatic carbocycles. The van der Waals surface area contributed by atoms with E-state index in [0.29, 0.717) is 18.4 Å². The first-order valence-corrected chi connectivity index (χ1v) is 9.80. The van der Waals surface area contributed by atoms with Crippen LogP contribution in [0.25, 0.3) is 0 Å². The summed E-state index contributed by atoms with van der Waals surface area (Å²) >= 11 is 1.72. The molecule has 1 heterocycles. The summed E-state index contributed by atoms with van der Waals surface area (Å²) in [6, 6.07) is 17.7. The van der Waals surface area contributed by atoms with Gasteiger partial charge in [0.25, 0.3) is 0 Å². The van der Waals surface area contributed by atoms with Crippen LogP contribution in [0.2, 0.25) is 0 Å². The zero-order chi connectivity index (χ0) is 19.1. The molecule has 0 aliphatic rings. The Morgan fingerprint density at radius 3 is 2.56 bits per heavy atom. The number of aromatic nitrogens is 3. The quantitative estimate of drug-likeness (QED) is 0.560. The second kappa shape index (κ2) is 9.23. The SMILES string of the molecule is Cc1ccccc1OCCS[C@@H](C)c1nc(N)nc(Nc2ccccc2)n1. The summed E-state index contributed by atoms with van der Waals surface area (Å²) in [5.41, 5.74) is 7.90. The molecular weight excluding hydrogens is 358 g/mol. The Balaban J connectivity index is 1.56. The zero-order valence-corrected chi connectivity index (χ0v) is 16.2. The van der Waals surface area contributed by atoms with E-state index in [1.807, 2.05) is 61.5 Å². The van der Waals surface area contributed by atoms with Crippen LogP contribution in [-0.4, -0.2) is 27.3 Å². The van der Waals surface area contributed by atoms with Crippen molar-refractivity contribution in [3.63, 3.8) is 0 Å². The maximum Gasteiger partial charge on any atom is 0.232 e. The van der Waals surface area contributed by atoms with Gasteiger partial charge < -0.3 is 15.8 Å². The molecule has 3 rings (SSSR count). The molecular formula is C20H23N5OS. The second-order valence-corrected chi connectivity index (χ2v) is 7.44. The number of thioether (sulfide) groups is 1. The molecule has 0 radical (unpaired) electrons. The minimum absolute atomic E-state index is 0.0760. The molecule has 27 heavy (non-hydrogen) atoms. The third kappa shape index (κ3) is 5.59. The number of nitrogens with two attached hydrogens (primary N) is 1. The summed E-state index contributed by atoms with van der Waals surface area (Å²) in [6.07, 6.45) is 0. The van der Waals surface area contributed by atoms with Crippen LogP contribution >= 0.6 is 11.8 Å². The van der Waals surface area contributed by atoms with Gasteiger partial charge in [-0.15, -0.1) is 11.8 Å². The molecule has 3 N–H and O–H groups in total. The van der Waals surface area contributed by atoms with Gasteiger partial charge in [0.15, 0.2) is 0 Å². The zero-order valence-electron chi connectivity index (χ0n) is 15.4. The first-order valence-electron chi connectivity index (χ1n) is 8.75. The number of benzene rings is 2. The Morgan fingerprint density at radius 2 is 1.78 bits per heavy atom. The van der Waals surface area contributed by atoms with Crippen LogP contribution < -0.4 is 15.8 Å². The van der Waals surface area contributed by atoms with Gasteiger partial charge in [-0.1, -0.05) is 36.4 Å². The van der Waals surface area contributed by atoms with E-state index in [9.17, 15) is 0 Å². The maximum absolute atomic E-state index is 5.86. The van der Waals surface area contributed by atoms with E-state index in [-0.39, 0.29) is 11.2 Å². The number of nitrogens with one attached hydrogen (secondary N) is 1. The average Bonchev–Trinajstić information content (AvgIpc) is 2.66. The molecule has 1 atom stereocenters. The Kier molecular flexibility index (Phi) is 6.49. The monoisotopic (exact) mass is 381 g/mol. The molecule has 0 saturated carbocycles. The molecule has 0 unspecified atom stereocenters. The topological polar surface area (TPSA) is 86.0 Å². The van der Waals surface area contributed by atoms with Crippen LogP contribution in [0.4, 0.5) is 17.6 Å². The van der Waals surface area contributed by atoms with Gasteiger partial charge in [0.1, 0.15) is 11.6 Å². The number of nitrogen functional groups attached to an aromatic ring is 1. The van der Waals surface area contributed by atoms with E-state index in [2.05, 4.69) is 27.2 Å². The normalized spacial score (nSPS) is 11.8. The van der Waals surface area contributed by atoms with Crippen molar-refractivity contribution in [2.24, 2.45) is 0 Å². The molecule has 140 valence electrons. The molecule has 0 spiro atoms. The van der Waals surface area contributed by atoms with E-state index in [1.165, 1.54) is 0 Å². The molecule has 0 bridgehead atoms. The molecule has 6 nitrogen and oxygen atoms in total. The molecule has 7 heteroatoms. The summed E-state index contributed by atoms with van der Waals surface area (Å²) in [6.45, 7) is 4.72. The van der Waals surface area contributed by atoms with Gasteiger partial charge >= 0.3 is 0 Å². The van der Waals surface area contributed by atoms with Crippen molar-refractivity contribution in [2.75, 3.05) is 23.4 Å². The number of nitrogens with zero attached hydrogens (tertiary/aromatic N) is 3. The fraction of sp³-hybridized carbons (Fsp3) is 0.250. The third-order valence-electron chi connectivity index (χ3n) is 3.87.